The monoisotopic (exact) mass is 678 g/mol. The fourth-order valence-electron chi connectivity index (χ4n) is 8.05. The van der Waals surface area contributed by atoms with Crippen LogP contribution in [0.25, 0.3) is 82.2 Å². The molecule has 0 fully saturated rings. The third-order valence-corrected chi connectivity index (χ3v) is 10.6. The summed E-state index contributed by atoms with van der Waals surface area (Å²) >= 11 is 0. The Morgan fingerprint density at radius 2 is 1.08 bits per heavy atom. The molecule has 1 aliphatic heterocycles. The molecule has 2 aromatic heterocycles. The van der Waals surface area contributed by atoms with Gasteiger partial charge in [-0.1, -0.05) is 133 Å². The number of benzene rings is 8. The largest absolute Gasteiger partial charge is 0.456 e. The second-order valence-electron chi connectivity index (χ2n) is 13.6. The van der Waals surface area contributed by atoms with E-state index in [9.17, 15) is 0 Å². The minimum Gasteiger partial charge on any atom is -0.456 e. The Morgan fingerprint density at radius 1 is 0.415 bits per heavy atom. The van der Waals surface area contributed by atoms with Crippen molar-refractivity contribution in [3.05, 3.63) is 187 Å². The van der Waals surface area contributed by atoms with E-state index < -0.39 is 0 Å². The maximum Gasteiger partial charge on any atom is 0.160 e. The molecule has 248 valence electrons. The van der Waals surface area contributed by atoms with Crippen molar-refractivity contribution in [2.24, 2.45) is 9.98 Å². The van der Waals surface area contributed by atoms with Crippen molar-refractivity contribution >= 4 is 82.7 Å². The maximum absolute atomic E-state index is 6.80. The third-order valence-electron chi connectivity index (χ3n) is 10.6. The van der Waals surface area contributed by atoms with Gasteiger partial charge in [-0.2, -0.15) is 0 Å². The van der Waals surface area contributed by atoms with Crippen molar-refractivity contribution in [3.8, 4) is 11.1 Å². The summed E-state index contributed by atoms with van der Waals surface area (Å²) in [6.07, 6.45) is 2.86. The molecule has 0 saturated heterocycles. The second-order valence-corrected chi connectivity index (χ2v) is 13.6. The molecule has 4 nitrogen and oxygen atoms in total. The Morgan fingerprint density at radius 3 is 1.92 bits per heavy atom. The van der Waals surface area contributed by atoms with E-state index >= 15 is 0 Å². The normalized spacial score (nSPS) is 13.5. The number of allylic oxidation sites excluding steroid dienone is 1. The highest BCUT2D eigenvalue weighted by Gasteiger charge is 2.23. The topological polar surface area (TPSA) is 51.0 Å². The summed E-state index contributed by atoms with van der Waals surface area (Å²) in [7, 11) is 0. The average Bonchev–Trinajstić information content (AvgIpc) is 3.72. The molecular formula is C49H30N2O2. The van der Waals surface area contributed by atoms with Crippen LogP contribution >= 0.6 is 0 Å². The van der Waals surface area contributed by atoms with E-state index in [0.29, 0.717) is 12.3 Å². The van der Waals surface area contributed by atoms with Gasteiger partial charge in [0.2, 0.25) is 0 Å². The Kier molecular flexibility index (Phi) is 6.58. The lowest BCUT2D eigenvalue weighted by molar-refractivity contribution is 0.668. The Hall–Kier alpha value is -7.04. The number of hydrogen-bond acceptors (Lipinski definition) is 4. The van der Waals surface area contributed by atoms with Gasteiger partial charge in [-0.15, -0.1) is 0 Å². The quantitative estimate of drug-likeness (QED) is 0.174. The first-order valence-electron chi connectivity index (χ1n) is 18.0. The van der Waals surface area contributed by atoms with Crippen molar-refractivity contribution in [1.82, 2.24) is 0 Å². The van der Waals surface area contributed by atoms with Gasteiger partial charge in [0, 0.05) is 44.7 Å². The smallest absolute Gasteiger partial charge is 0.160 e. The highest BCUT2D eigenvalue weighted by molar-refractivity contribution is 6.26. The highest BCUT2D eigenvalue weighted by Crippen LogP contribution is 2.43. The van der Waals surface area contributed by atoms with E-state index in [1.54, 1.807) is 0 Å². The van der Waals surface area contributed by atoms with Crippen LogP contribution in [0, 0.1) is 0 Å². The van der Waals surface area contributed by atoms with E-state index in [-0.39, 0.29) is 0 Å². The van der Waals surface area contributed by atoms with Gasteiger partial charge in [0.15, 0.2) is 5.84 Å². The van der Waals surface area contributed by atoms with Gasteiger partial charge >= 0.3 is 0 Å². The van der Waals surface area contributed by atoms with Crippen LogP contribution in [0.15, 0.2) is 189 Å². The maximum atomic E-state index is 6.80. The summed E-state index contributed by atoms with van der Waals surface area (Å²) < 4.78 is 13.1. The van der Waals surface area contributed by atoms with Gasteiger partial charge < -0.3 is 8.83 Å². The molecule has 10 aromatic rings. The first kappa shape index (κ1) is 29.7. The van der Waals surface area contributed by atoms with Crippen LogP contribution in [0.4, 0.5) is 0 Å². The number of hydrogen-bond donors (Lipinski definition) is 0. The molecule has 53 heavy (non-hydrogen) atoms. The molecule has 0 radical (unpaired) electrons. The van der Waals surface area contributed by atoms with Crippen molar-refractivity contribution < 1.29 is 8.83 Å². The molecular weight excluding hydrogens is 649 g/mol. The molecule has 0 saturated carbocycles. The Balaban J connectivity index is 1.17. The summed E-state index contributed by atoms with van der Waals surface area (Å²) in [5.74, 6) is 0.653. The summed E-state index contributed by atoms with van der Waals surface area (Å²) in [5, 5.41) is 9.03. The van der Waals surface area contributed by atoms with E-state index in [4.69, 9.17) is 18.8 Å². The number of amidine groups is 1. The second kappa shape index (κ2) is 11.8. The summed E-state index contributed by atoms with van der Waals surface area (Å²) in [4.78, 5) is 10.8. The van der Waals surface area contributed by atoms with Gasteiger partial charge in [-0.25, -0.2) is 9.98 Å². The lowest BCUT2D eigenvalue weighted by Gasteiger charge is -2.11. The summed E-state index contributed by atoms with van der Waals surface area (Å²) in [5.41, 5.74) is 10.3. The van der Waals surface area contributed by atoms with E-state index in [1.807, 2.05) is 36.4 Å². The summed E-state index contributed by atoms with van der Waals surface area (Å²) in [6, 6.07) is 57.1. The van der Waals surface area contributed by atoms with Gasteiger partial charge in [0.05, 0.1) is 11.4 Å². The molecule has 3 heterocycles. The molecule has 0 bridgehead atoms. The minimum absolute atomic E-state index is 0.642. The van der Waals surface area contributed by atoms with Gasteiger partial charge in [0.1, 0.15) is 22.3 Å². The van der Waals surface area contributed by atoms with Crippen LogP contribution < -0.4 is 0 Å². The Labute approximate surface area is 304 Å². The van der Waals surface area contributed by atoms with Gasteiger partial charge in [0.25, 0.3) is 0 Å². The molecule has 8 aromatic carbocycles. The van der Waals surface area contributed by atoms with E-state index in [2.05, 4.69) is 133 Å². The number of fused-ring (bicyclic) bond motifs is 9. The van der Waals surface area contributed by atoms with Crippen LogP contribution in [-0.2, 0) is 0 Å². The predicted octanol–water partition coefficient (Wildman–Crippen LogP) is 13.1. The van der Waals surface area contributed by atoms with Gasteiger partial charge in [-0.05, 0) is 69.1 Å². The van der Waals surface area contributed by atoms with Crippen LogP contribution in [-0.4, -0.2) is 11.5 Å². The standard InChI is InChI=1S/C49H30N2O2/c1-2-12-32(13-3-1)41-27-28-42(33-24-23-31-22-21-30-11-4-5-14-34(30)40(31)29-33)51-49(50-41)39-26-25-36(48-47(39)38-16-7-9-19-44(38)53-48)35-17-10-20-45-46(35)37-15-6-8-18-43(37)52-45/h1-26,28-29H,27H2. The Bertz CT molecular complexity index is 3200. The minimum atomic E-state index is 0.642. The first-order chi connectivity index (χ1) is 26.3. The van der Waals surface area contributed by atoms with E-state index in [1.165, 1.54) is 21.5 Å². The molecule has 4 heteroatoms. The lowest BCUT2D eigenvalue weighted by atomic mass is 9.95. The molecule has 11 rings (SSSR count). The summed E-state index contributed by atoms with van der Waals surface area (Å²) in [6.45, 7) is 0. The predicted molar refractivity (Wildman–Crippen MR) is 220 cm³/mol. The molecule has 0 amide bonds. The van der Waals surface area contributed by atoms with Crippen molar-refractivity contribution in [1.29, 1.82) is 0 Å². The first-order valence-corrected chi connectivity index (χ1v) is 18.0. The number of nitrogens with zero attached hydrogens (tertiary/aromatic N) is 2. The SMILES string of the molecule is C1=C(c2ccc3ccc4ccccc4c3c2)N=C(c2ccc(-c3cccc4oc5ccccc5c34)c3oc4ccccc4c23)N=C(c2ccccc2)C1. The third kappa shape index (κ3) is 4.77. The van der Waals surface area contributed by atoms with Crippen LogP contribution in [0.2, 0.25) is 0 Å². The van der Waals surface area contributed by atoms with E-state index in [0.717, 1.165) is 83.1 Å². The molecule has 0 unspecified atom stereocenters. The highest BCUT2D eigenvalue weighted by atomic mass is 16.3. The van der Waals surface area contributed by atoms with Crippen molar-refractivity contribution in [2.75, 3.05) is 0 Å². The number of para-hydroxylation sites is 2. The zero-order valence-corrected chi connectivity index (χ0v) is 28.6. The zero-order valence-electron chi connectivity index (χ0n) is 28.6. The van der Waals surface area contributed by atoms with Crippen molar-refractivity contribution in [3.63, 3.8) is 0 Å². The van der Waals surface area contributed by atoms with Crippen molar-refractivity contribution in [2.45, 2.75) is 6.42 Å². The molecule has 0 aliphatic carbocycles. The fourth-order valence-corrected chi connectivity index (χ4v) is 8.05. The number of aliphatic imine (C=N–C) groups is 2. The van der Waals surface area contributed by atoms with Crippen LogP contribution in [0.5, 0.6) is 0 Å². The molecule has 0 atom stereocenters. The fraction of sp³-hybridized carbons (Fsp3) is 0.0204. The molecule has 0 N–H and O–H groups in total. The molecule has 1 aliphatic rings. The lowest BCUT2D eigenvalue weighted by Crippen LogP contribution is -2.05. The molecule has 0 spiro atoms. The number of furan rings is 2. The average molecular weight is 679 g/mol. The van der Waals surface area contributed by atoms with Gasteiger partial charge in [-0.3, -0.25) is 0 Å². The van der Waals surface area contributed by atoms with Crippen LogP contribution in [0.1, 0.15) is 23.1 Å². The zero-order chi connectivity index (χ0) is 34.9. The number of rotatable bonds is 4. The van der Waals surface area contributed by atoms with Crippen LogP contribution in [0.3, 0.4) is 0 Å².